The lowest BCUT2D eigenvalue weighted by Crippen LogP contribution is -2.61. The van der Waals surface area contributed by atoms with Gasteiger partial charge in [0.1, 0.15) is 12.1 Å². The van der Waals surface area contributed by atoms with Crippen molar-refractivity contribution in [3.63, 3.8) is 0 Å². The summed E-state index contributed by atoms with van der Waals surface area (Å²) in [4.78, 5) is 25.6. The first-order chi connectivity index (χ1) is 8.59. The summed E-state index contributed by atoms with van der Waals surface area (Å²) >= 11 is 4.69. The highest BCUT2D eigenvalue weighted by Gasteiger charge is 2.42. The van der Waals surface area contributed by atoms with Crippen LogP contribution < -0.4 is 16.4 Å². The van der Waals surface area contributed by atoms with Gasteiger partial charge < -0.3 is 21.3 Å². The first-order valence-corrected chi connectivity index (χ1v) is 6.64. The van der Waals surface area contributed by atoms with Crippen LogP contribution >= 0.6 is 12.2 Å². The minimum absolute atomic E-state index is 0.0144. The molecular formula is C11H18N4O2S. The summed E-state index contributed by atoms with van der Waals surface area (Å²) in [5.41, 5.74) is 5.31. The average molecular weight is 270 g/mol. The topological polar surface area (TPSA) is 87.5 Å². The van der Waals surface area contributed by atoms with Crippen molar-refractivity contribution in [2.24, 2.45) is 5.73 Å². The van der Waals surface area contributed by atoms with E-state index in [1.807, 2.05) is 0 Å². The number of nitrogens with two attached hydrogens (primary N) is 1. The molecule has 100 valence electrons. The molecule has 6 nitrogen and oxygen atoms in total. The van der Waals surface area contributed by atoms with Gasteiger partial charge in [0.25, 0.3) is 0 Å². The molecule has 0 unspecified atom stereocenters. The van der Waals surface area contributed by atoms with Crippen molar-refractivity contribution in [3.05, 3.63) is 0 Å². The third-order valence-electron chi connectivity index (χ3n) is 3.42. The number of fused-ring (bicyclic) bond motifs is 1. The van der Waals surface area contributed by atoms with Gasteiger partial charge in [-0.3, -0.25) is 9.59 Å². The monoisotopic (exact) mass is 270 g/mol. The second-order valence-electron chi connectivity index (χ2n) is 4.68. The van der Waals surface area contributed by atoms with Gasteiger partial charge in [0, 0.05) is 13.1 Å². The molecule has 0 saturated carbocycles. The fraction of sp³-hybridized carbons (Fsp3) is 0.727. The molecule has 0 radical (unpaired) electrons. The molecule has 0 spiro atoms. The van der Waals surface area contributed by atoms with Gasteiger partial charge in [0.15, 0.2) is 5.11 Å². The number of nitrogens with one attached hydrogen (secondary N) is 2. The highest BCUT2D eigenvalue weighted by Crippen LogP contribution is 2.23. The van der Waals surface area contributed by atoms with Crippen LogP contribution in [-0.4, -0.2) is 47.0 Å². The lowest BCUT2D eigenvalue weighted by Gasteiger charge is -2.34. The van der Waals surface area contributed by atoms with Crippen molar-refractivity contribution in [3.8, 4) is 0 Å². The molecule has 2 aliphatic heterocycles. The Morgan fingerprint density at radius 3 is 3.06 bits per heavy atom. The Kier molecular flexibility index (Phi) is 4.00. The highest BCUT2D eigenvalue weighted by atomic mass is 32.1. The molecule has 2 saturated heterocycles. The SMILES string of the molecule is NC(=S)NCCC[C@@H]1NC(=O)[C@@H]2CCCN2C1=O. The number of hydrogen-bond donors (Lipinski definition) is 3. The summed E-state index contributed by atoms with van der Waals surface area (Å²) in [6.45, 7) is 1.33. The van der Waals surface area contributed by atoms with E-state index >= 15 is 0 Å². The summed E-state index contributed by atoms with van der Waals surface area (Å²) in [5, 5.41) is 5.89. The summed E-state index contributed by atoms with van der Waals surface area (Å²) in [6, 6.07) is -0.622. The lowest BCUT2D eigenvalue weighted by atomic mass is 10.0. The van der Waals surface area contributed by atoms with Crippen molar-refractivity contribution >= 4 is 29.1 Å². The van der Waals surface area contributed by atoms with Crippen LogP contribution in [0, 0.1) is 0 Å². The van der Waals surface area contributed by atoms with Crippen molar-refractivity contribution in [1.82, 2.24) is 15.5 Å². The predicted molar refractivity (Wildman–Crippen MR) is 70.7 cm³/mol. The lowest BCUT2D eigenvalue weighted by molar-refractivity contribution is -0.147. The quantitative estimate of drug-likeness (QED) is 0.455. The van der Waals surface area contributed by atoms with Gasteiger partial charge in [-0.2, -0.15) is 0 Å². The molecule has 2 heterocycles. The number of carbonyl (C=O) groups is 2. The molecule has 0 bridgehead atoms. The Morgan fingerprint density at radius 1 is 1.56 bits per heavy atom. The zero-order valence-electron chi connectivity index (χ0n) is 10.1. The predicted octanol–water partition coefficient (Wildman–Crippen LogP) is -0.911. The van der Waals surface area contributed by atoms with Crippen LogP contribution in [0.1, 0.15) is 25.7 Å². The summed E-state index contributed by atoms with van der Waals surface area (Å²) in [6.07, 6.45) is 3.06. The van der Waals surface area contributed by atoms with Crippen LogP contribution in [0.5, 0.6) is 0 Å². The van der Waals surface area contributed by atoms with Gasteiger partial charge in [-0.25, -0.2) is 0 Å². The summed E-state index contributed by atoms with van der Waals surface area (Å²) in [7, 11) is 0. The molecule has 2 aliphatic rings. The van der Waals surface area contributed by atoms with E-state index in [0.717, 1.165) is 19.3 Å². The maximum Gasteiger partial charge on any atom is 0.245 e. The zero-order chi connectivity index (χ0) is 13.1. The van der Waals surface area contributed by atoms with Gasteiger partial charge in [-0.1, -0.05) is 0 Å². The van der Waals surface area contributed by atoms with Gasteiger partial charge in [-0.15, -0.1) is 0 Å². The molecule has 0 aliphatic carbocycles. The number of amides is 2. The van der Waals surface area contributed by atoms with E-state index in [4.69, 9.17) is 18.0 Å². The van der Waals surface area contributed by atoms with Crippen molar-refractivity contribution in [2.75, 3.05) is 13.1 Å². The van der Waals surface area contributed by atoms with Gasteiger partial charge in [-0.05, 0) is 37.9 Å². The number of hydrogen-bond acceptors (Lipinski definition) is 3. The van der Waals surface area contributed by atoms with Crippen LogP contribution in [0.15, 0.2) is 0 Å². The van der Waals surface area contributed by atoms with E-state index in [1.54, 1.807) is 4.90 Å². The van der Waals surface area contributed by atoms with Crippen LogP contribution in [-0.2, 0) is 9.59 Å². The molecule has 7 heteroatoms. The van der Waals surface area contributed by atoms with Crippen LogP contribution in [0.25, 0.3) is 0 Å². The fourth-order valence-electron chi connectivity index (χ4n) is 2.55. The van der Waals surface area contributed by atoms with E-state index < -0.39 is 0 Å². The molecule has 2 atom stereocenters. The second-order valence-corrected chi connectivity index (χ2v) is 5.12. The number of thiocarbonyl (C=S) groups is 1. The first kappa shape index (κ1) is 13.1. The Labute approximate surface area is 111 Å². The van der Waals surface area contributed by atoms with E-state index in [9.17, 15) is 9.59 Å². The van der Waals surface area contributed by atoms with E-state index in [2.05, 4.69) is 10.6 Å². The Balaban J connectivity index is 1.84. The molecule has 0 aromatic heterocycles. The Bertz CT molecular complexity index is 374. The standard InChI is InChI=1S/C11H18N4O2S/c12-11(18)13-5-1-3-7-10(17)15-6-2-4-8(15)9(16)14-7/h7-8H,1-6H2,(H,14,16)(H3,12,13,18)/t7-,8-/m0/s1. The van der Waals surface area contributed by atoms with Crippen LogP contribution in [0.2, 0.25) is 0 Å². The van der Waals surface area contributed by atoms with Gasteiger partial charge >= 0.3 is 0 Å². The maximum absolute atomic E-state index is 12.1. The van der Waals surface area contributed by atoms with E-state index in [-0.39, 0.29) is 29.0 Å². The van der Waals surface area contributed by atoms with Gasteiger partial charge in [0.05, 0.1) is 0 Å². The summed E-state index contributed by atoms with van der Waals surface area (Å²) in [5.74, 6) is 0.0341. The van der Waals surface area contributed by atoms with E-state index in [0.29, 0.717) is 19.5 Å². The first-order valence-electron chi connectivity index (χ1n) is 6.24. The second kappa shape index (κ2) is 5.51. The number of nitrogens with zero attached hydrogens (tertiary/aromatic N) is 1. The van der Waals surface area contributed by atoms with Crippen LogP contribution in [0.4, 0.5) is 0 Å². The minimum atomic E-state index is -0.389. The number of piperazine rings is 1. The molecule has 2 fully saturated rings. The molecule has 18 heavy (non-hydrogen) atoms. The molecule has 2 rings (SSSR count). The molecular weight excluding hydrogens is 252 g/mol. The third kappa shape index (κ3) is 2.72. The van der Waals surface area contributed by atoms with Crippen molar-refractivity contribution in [1.29, 1.82) is 0 Å². The number of rotatable bonds is 4. The average Bonchev–Trinajstić information content (AvgIpc) is 2.80. The minimum Gasteiger partial charge on any atom is -0.376 e. The molecule has 2 amide bonds. The molecule has 0 aromatic carbocycles. The maximum atomic E-state index is 12.1. The Hall–Kier alpha value is -1.37. The highest BCUT2D eigenvalue weighted by molar-refractivity contribution is 7.80. The Morgan fingerprint density at radius 2 is 2.33 bits per heavy atom. The van der Waals surface area contributed by atoms with Gasteiger partial charge in [0.2, 0.25) is 11.8 Å². The summed E-state index contributed by atoms with van der Waals surface area (Å²) < 4.78 is 0. The number of carbonyl (C=O) groups excluding carboxylic acids is 2. The molecule has 4 N–H and O–H groups in total. The zero-order valence-corrected chi connectivity index (χ0v) is 11.0. The largest absolute Gasteiger partial charge is 0.376 e. The van der Waals surface area contributed by atoms with Crippen molar-refractivity contribution < 1.29 is 9.59 Å². The van der Waals surface area contributed by atoms with Crippen molar-refractivity contribution in [2.45, 2.75) is 37.8 Å². The normalized spacial score (nSPS) is 26.8. The molecule has 0 aromatic rings. The van der Waals surface area contributed by atoms with E-state index in [1.165, 1.54) is 0 Å². The fourth-order valence-corrected chi connectivity index (χ4v) is 2.65. The third-order valence-corrected chi connectivity index (χ3v) is 3.57. The smallest absolute Gasteiger partial charge is 0.245 e. The van der Waals surface area contributed by atoms with Crippen LogP contribution in [0.3, 0.4) is 0 Å².